The summed E-state index contributed by atoms with van der Waals surface area (Å²) in [5.41, 5.74) is 3.80. The van der Waals surface area contributed by atoms with E-state index >= 15 is 0 Å². The number of benzene rings is 2. The minimum absolute atomic E-state index is 0.0799. The molecule has 26 heavy (non-hydrogen) atoms. The van der Waals surface area contributed by atoms with Gasteiger partial charge >= 0.3 is 0 Å². The molecule has 0 saturated carbocycles. The lowest BCUT2D eigenvalue weighted by atomic mass is 10.1. The Bertz CT molecular complexity index is 896. The van der Waals surface area contributed by atoms with E-state index in [0.29, 0.717) is 11.6 Å². The first kappa shape index (κ1) is 18.1. The highest BCUT2D eigenvalue weighted by Gasteiger charge is 2.17. The molecule has 0 aliphatic heterocycles. The first-order valence-corrected chi connectivity index (χ1v) is 8.99. The van der Waals surface area contributed by atoms with Crippen LogP contribution in [0.25, 0.3) is 22.4 Å². The fraction of sp³-hybridized carbons (Fsp3) is 0.333. The van der Waals surface area contributed by atoms with Crippen molar-refractivity contribution < 1.29 is 4.79 Å². The molecule has 1 amide bonds. The minimum Gasteiger partial charge on any atom is -0.355 e. The van der Waals surface area contributed by atoms with Gasteiger partial charge in [-0.25, -0.2) is 4.98 Å². The van der Waals surface area contributed by atoms with Gasteiger partial charge in [0.2, 0.25) is 0 Å². The third-order valence-corrected chi connectivity index (χ3v) is 4.88. The quantitative estimate of drug-likeness (QED) is 0.741. The molecule has 0 spiro atoms. The molecule has 2 aromatic carbocycles. The Morgan fingerprint density at radius 3 is 2.46 bits per heavy atom. The van der Waals surface area contributed by atoms with E-state index in [-0.39, 0.29) is 5.91 Å². The number of carbonyl (C=O) groups excluding carboxylic acids is 1. The van der Waals surface area contributed by atoms with Gasteiger partial charge in [-0.15, -0.1) is 0 Å². The van der Waals surface area contributed by atoms with Crippen molar-refractivity contribution in [3.63, 3.8) is 0 Å². The van der Waals surface area contributed by atoms with E-state index in [9.17, 15) is 4.79 Å². The van der Waals surface area contributed by atoms with Crippen LogP contribution in [0, 0.1) is 0 Å². The monoisotopic (exact) mass is 350 g/mol. The molecular weight excluding hydrogens is 324 g/mol. The number of aromatic nitrogens is 2. The van der Waals surface area contributed by atoms with Crippen LogP contribution >= 0.6 is 0 Å². The Morgan fingerprint density at radius 2 is 1.85 bits per heavy atom. The highest BCUT2D eigenvalue weighted by atomic mass is 16.1. The van der Waals surface area contributed by atoms with E-state index in [1.807, 2.05) is 36.4 Å². The zero-order valence-corrected chi connectivity index (χ0v) is 15.9. The zero-order valence-electron chi connectivity index (χ0n) is 15.9. The molecule has 3 rings (SSSR count). The third kappa shape index (κ3) is 3.48. The number of nitrogens with one attached hydrogen (secondary N) is 1. The van der Waals surface area contributed by atoms with Crippen molar-refractivity contribution in [3.05, 3.63) is 54.1 Å². The van der Waals surface area contributed by atoms with Crippen molar-refractivity contribution in [1.29, 1.82) is 0 Å². The molecule has 3 aromatic rings. The predicted octanol–water partition coefficient (Wildman–Crippen LogP) is 3.40. The van der Waals surface area contributed by atoms with Crippen molar-refractivity contribution in [1.82, 2.24) is 19.8 Å². The van der Waals surface area contributed by atoms with Gasteiger partial charge in [0, 0.05) is 30.8 Å². The van der Waals surface area contributed by atoms with E-state index < -0.39 is 0 Å². The summed E-state index contributed by atoms with van der Waals surface area (Å²) in [6, 6.07) is 16.3. The standard InChI is InChI=1S/C21H26N4O/c1-5-17(24(3)4)14-25-19-9-7-6-8-18(19)23-20(25)15-10-12-16(13-11-15)21(26)22-2/h6-13,17H,5,14H2,1-4H3,(H,22,26). The molecule has 1 aromatic heterocycles. The van der Waals surface area contributed by atoms with E-state index in [1.54, 1.807) is 7.05 Å². The van der Waals surface area contributed by atoms with Crippen LogP contribution in [0.3, 0.4) is 0 Å². The summed E-state index contributed by atoms with van der Waals surface area (Å²) in [4.78, 5) is 18.9. The molecule has 0 saturated heterocycles. The Hall–Kier alpha value is -2.66. The second-order valence-corrected chi connectivity index (χ2v) is 6.72. The van der Waals surface area contributed by atoms with E-state index in [0.717, 1.165) is 35.4 Å². The lowest BCUT2D eigenvalue weighted by molar-refractivity contribution is 0.0963. The van der Waals surface area contributed by atoms with Gasteiger partial charge in [-0.1, -0.05) is 31.2 Å². The third-order valence-electron chi connectivity index (χ3n) is 4.88. The summed E-state index contributed by atoms with van der Waals surface area (Å²) in [6.07, 6.45) is 1.06. The number of rotatable bonds is 6. The van der Waals surface area contributed by atoms with Gasteiger partial charge in [0.25, 0.3) is 5.91 Å². The molecule has 1 unspecified atom stereocenters. The first-order chi connectivity index (χ1) is 12.5. The van der Waals surface area contributed by atoms with E-state index in [2.05, 4.69) is 47.9 Å². The number of para-hydroxylation sites is 2. The summed E-state index contributed by atoms with van der Waals surface area (Å²) in [7, 11) is 5.87. The van der Waals surface area contributed by atoms with Crippen molar-refractivity contribution in [2.45, 2.75) is 25.9 Å². The molecule has 0 aliphatic rings. The molecule has 136 valence electrons. The van der Waals surface area contributed by atoms with Gasteiger partial charge in [-0.2, -0.15) is 0 Å². The minimum atomic E-state index is -0.0799. The lowest BCUT2D eigenvalue weighted by Crippen LogP contribution is -2.31. The number of imidazole rings is 1. The zero-order chi connectivity index (χ0) is 18.7. The summed E-state index contributed by atoms with van der Waals surface area (Å²) in [5, 5.41) is 2.65. The van der Waals surface area contributed by atoms with Crippen LogP contribution in [0.1, 0.15) is 23.7 Å². The topological polar surface area (TPSA) is 50.2 Å². The summed E-state index contributed by atoms with van der Waals surface area (Å²) in [5.74, 6) is 0.860. The summed E-state index contributed by atoms with van der Waals surface area (Å²) < 4.78 is 2.29. The number of likely N-dealkylation sites (N-methyl/N-ethyl adjacent to an activating group) is 1. The molecule has 1 heterocycles. The van der Waals surface area contributed by atoms with E-state index in [1.165, 1.54) is 0 Å². The van der Waals surface area contributed by atoms with Crippen LogP contribution < -0.4 is 5.32 Å². The maximum absolute atomic E-state index is 11.8. The smallest absolute Gasteiger partial charge is 0.251 e. The Morgan fingerprint density at radius 1 is 1.15 bits per heavy atom. The van der Waals surface area contributed by atoms with Crippen molar-refractivity contribution in [2.75, 3.05) is 21.1 Å². The van der Waals surface area contributed by atoms with Gasteiger partial charge in [0.1, 0.15) is 5.82 Å². The second kappa shape index (κ2) is 7.70. The molecule has 0 radical (unpaired) electrons. The van der Waals surface area contributed by atoms with Crippen LogP contribution in [-0.2, 0) is 6.54 Å². The molecule has 0 fully saturated rings. The summed E-state index contributed by atoms with van der Waals surface area (Å²) >= 11 is 0. The van der Waals surface area contributed by atoms with Gasteiger partial charge in [0.15, 0.2) is 0 Å². The molecule has 1 N–H and O–H groups in total. The molecule has 0 bridgehead atoms. The maximum atomic E-state index is 11.8. The van der Waals surface area contributed by atoms with Crippen LogP contribution in [0.5, 0.6) is 0 Å². The Labute approximate surface area is 154 Å². The van der Waals surface area contributed by atoms with Crippen molar-refractivity contribution in [2.24, 2.45) is 0 Å². The van der Waals surface area contributed by atoms with Crippen LogP contribution in [0.4, 0.5) is 0 Å². The lowest BCUT2D eigenvalue weighted by Gasteiger charge is -2.24. The fourth-order valence-corrected chi connectivity index (χ4v) is 3.26. The number of hydrogen-bond acceptors (Lipinski definition) is 3. The molecule has 5 heteroatoms. The predicted molar refractivity (Wildman–Crippen MR) is 106 cm³/mol. The number of carbonyl (C=O) groups is 1. The number of amides is 1. The molecular formula is C21H26N4O. The second-order valence-electron chi connectivity index (χ2n) is 6.72. The molecule has 0 aliphatic carbocycles. The number of hydrogen-bond donors (Lipinski definition) is 1. The fourth-order valence-electron chi connectivity index (χ4n) is 3.26. The number of nitrogens with zero attached hydrogens (tertiary/aromatic N) is 3. The highest BCUT2D eigenvalue weighted by molar-refractivity contribution is 5.94. The molecule has 5 nitrogen and oxygen atoms in total. The van der Waals surface area contributed by atoms with E-state index in [4.69, 9.17) is 4.98 Å². The first-order valence-electron chi connectivity index (χ1n) is 8.99. The van der Waals surface area contributed by atoms with Crippen molar-refractivity contribution in [3.8, 4) is 11.4 Å². The maximum Gasteiger partial charge on any atom is 0.251 e. The van der Waals surface area contributed by atoms with Crippen LogP contribution in [0.15, 0.2) is 48.5 Å². The van der Waals surface area contributed by atoms with Crippen LogP contribution in [0.2, 0.25) is 0 Å². The van der Waals surface area contributed by atoms with Gasteiger partial charge in [-0.05, 0) is 44.8 Å². The van der Waals surface area contributed by atoms with Gasteiger partial charge in [0.05, 0.1) is 11.0 Å². The van der Waals surface area contributed by atoms with Gasteiger partial charge < -0.3 is 14.8 Å². The number of fused-ring (bicyclic) bond motifs is 1. The SMILES string of the molecule is CCC(Cn1c(-c2ccc(C(=O)NC)cc2)nc2ccccc21)N(C)C. The van der Waals surface area contributed by atoms with Crippen molar-refractivity contribution >= 4 is 16.9 Å². The normalized spacial score (nSPS) is 12.5. The van der Waals surface area contributed by atoms with Gasteiger partial charge in [-0.3, -0.25) is 4.79 Å². The average Bonchev–Trinajstić information content (AvgIpc) is 3.03. The summed E-state index contributed by atoms with van der Waals surface area (Å²) in [6.45, 7) is 3.08. The molecule has 1 atom stereocenters. The Balaban J connectivity index is 2.07. The average molecular weight is 350 g/mol. The van der Waals surface area contributed by atoms with Crippen LogP contribution in [-0.4, -0.2) is 47.5 Å². The largest absolute Gasteiger partial charge is 0.355 e. The highest BCUT2D eigenvalue weighted by Crippen LogP contribution is 2.26. The Kier molecular flexibility index (Phi) is 5.38.